The number of nitriles is 1. The Labute approximate surface area is 112 Å². The molecule has 1 aliphatic rings. The molecule has 1 saturated carbocycles. The van der Waals surface area contributed by atoms with Crippen LogP contribution in [0.2, 0.25) is 0 Å². The Kier molecular flexibility index (Phi) is 5.03. The lowest BCUT2D eigenvalue weighted by molar-refractivity contribution is 0.187. The van der Waals surface area contributed by atoms with Gasteiger partial charge < -0.3 is 9.84 Å². The van der Waals surface area contributed by atoms with Gasteiger partial charge in [0, 0.05) is 4.88 Å². The van der Waals surface area contributed by atoms with Gasteiger partial charge in [0.1, 0.15) is 6.10 Å². The summed E-state index contributed by atoms with van der Waals surface area (Å²) in [6.45, 7) is 0.786. The fraction of sp³-hybridized carbons (Fsp3) is 0.643. The van der Waals surface area contributed by atoms with Gasteiger partial charge in [0.2, 0.25) is 0 Å². The number of hydrogen-bond donors (Lipinski definition) is 1. The summed E-state index contributed by atoms with van der Waals surface area (Å²) in [6, 6.07) is 5.72. The molecule has 0 bridgehead atoms. The monoisotopic (exact) mass is 265 g/mol. The van der Waals surface area contributed by atoms with Gasteiger partial charge in [-0.15, -0.1) is 11.3 Å². The number of hydrogen-bond acceptors (Lipinski definition) is 4. The summed E-state index contributed by atoms with van der Waals surface area (Å²) in [5, 5.41) is 19.1. The molecular formula is C14H19NO2S. The largest absolute Gasteiger partial charge is 0.484 e. The van der Waals surface area contributed by atoms with Crippen LogP contribution in [0.3, 0.4) is 0 Å². The van der Waals surface area contributed by atoms with Crippen molar-refractivity contribution in [2.45, 2.75) is 44.6 Å². The fourth-order valence-corrected chi connectivity index (χ4v) is 3.18. The minimum absolute atomic E-state index is 0.141. The average Bonchev–Trinajstić information content (AvgIpc) is 2.87. The Balaban J connectivity index is 1.81. The third kappa shape index (κ3) is 3.72. The summed E-state index contributed by atoms with van der Waals surface area (Å²) in [6.07, 6.45) is 6.02. The lowest BCUT2D eigenvalue weighted by atomic mass is 9.90. The van der Waals surface area contributed by atoms with Crippen molar-refractivity contribution in [1.82, 2.24) is 0 Å². The van der Waals surface area contributed by atoms with Gasteiger partial charge in [-0.2, -0.15) is 5.26 Å². The van der Waals surface area contributed by atoms with Gasteiger partial charge in [-0.25, -0.2) is 0 Å². The number of aliphatic hydroxyl groups excluding tert-OH is 1. The van der Waals surface area contributed by atoms with E-state index in [9.17, 15) is 5.11 Å². The topological polar surface area (TPSA) is 53.2 Å². The van der Waals surface area contributed by atoms with Crippen molar-refractivity contribution in [3.05, 3.63) is 17.0 Å². The summed E-state index contributed by atoms with van der Waals surface area (Å²) >= 11 is 1.45. The van der Waals surface area contributed by atoms with Crippen LogP contribution < -0.4 is 4.74 Å². The third-order valence-electron chi connectivity index (χ3n) is 3.40. The zero-order chi connectivity index (χ0) is 12.8. The Morgan fingerprint density at radius 1 is 1.39 bits per heavy atom. The first-order valence-corrected chi connectivity index (χ1v) is 7.39. The zero-order valence-electron chi connectivity index (χ0n) is 10.5. The van der Waals surface area contributed by atoms with E-state index in [4.69, 9.17) is 10.00 Å². The molecule has 0 spiro atoms. The minimum atomic E-state index is -0.674. The molecule has 1 aliphatic carbocycles. The predicted molar refractivity (Wildman–Crippen MR) is 71.6 cm³/mol. The van der Waals surface area contributed by atoms with Crippen LogP contribution in [0.5, 0.6) is 5.06 Å². The molecule has 1 N–H and O–H groups in total. The molecule has 1 aromatic rings. The van der Waals surface area contributed by atoms with Crippen LogP contribution in [0.25, 0.3) is 0 Å². The van der Waals surface area contributed by atoms with E-state index in [1.54, 1.807) is 0 Å². The number of rotatable bonds is 5. The quantitative estimate of drug-likeness (QED) is 0.884. The molecule has 1 fully saturated rings. The van der Waals surface area contributed by atoms with Crippen LogP contribution >= 0.6 is 11.3 Å². The Bertz CT molecular complexity index is 404. The highest BCUT2D eigenvalue weighted by molar-refractivity contribution is 7.13. The summed E-state index contributed by atoms with van der Waals surface area (Å²) in [5.74, 6) is 0.688. The molecule has 1 atom stereocenters. The first kappa shape index (κ1) is 13.4. The number of ether oxygens (including phenoxy) is 1. The Morgan fingerprint density at radius 2 is 2.17 bits per heavy atom. The van der Waals surface area contributed by atoms with E-state index in [1.807, 2.05) is 18.2 Å². The maximum absolute atomic E-state index is 9.68. The molecule has 4 heteroatoms. The van der Waals surface area contributed by atoms with E-state index in [1.165, 1.54) is 43.4 Å². The lowest BCUT2D eigenvalue weighted by Gasteiger charge is -2.21. The lowest BCUT2D eigenvalue weighted by Crippen LogP contribution is -2.14. The predicted octanol–water partition coefficient (Wildman–Crippen LogP) is 3.65. The van der Waals surface area contributed by atoms with Crippen LogP contribution in [0.1, 0.15) is 49.5 Å². The second kappa shape index (κ2) is 6.77. The fourth-order valence-electron chi connectivity index (χ4n) is 2.33. The molecular weight excluding hydrogens is 246 g/mol. The molecule has 0 aromatic carbocycles. The van der Waals surface area contributed by atoms with Gasteiger partial charge in [-0.3, -0.25) is 0 Å². The maximum Gasteiger partial charge on any atom is 0.174 e. The van der Waals surface area contributed by atoms with E-state index < -0.39 is 6.10 Å². The Hall–Kier alpha value is -1.05. The summed E-state index contributed by atoms with van der Waals surface area (Å²) in [5.41, 5.74) is 0. The summed E-state index contributed by atoms with van der Waals surface area (Å²) in [7, 11) is 0. The van der Waals surface area contributed by atoms with Crippen LogP contribution in [-0.2, 0) is 0 Å². The van der Waals surface area contributed by atoms with Crippen LogP contribution in [0.4, 0.5) is 0 Å². The van der Waals surface area contributed by atoms with Crippen molar-refractivity contribution in [3.8, 4) is 11.1 Å². The van der Waals surface area contributed by atoms with Crippen LogP contribution in [0.15, 0.2) is 12.1 Å². The third-order valence-corrected chi connectivity index (χ3v) is 4.50. The van der Waals surface area contributed by atoms with Crippen molar-refractivity contribution in [1.29, 1.82) is 5.26 Å². The van der Waals surface area contributed by atoms with Crippen LogP contribution in [-0.4, -0.2) is 11.7 Å². The van der Waals surface area contributed by atoms with Gasteiger partial charge in [0.25, 0.3) is 0 Å². The molecule has 0 amide bonds. The highest BCUT2D eigenvalue weighted by atomic mass is 32.1. The number of aliphatic hydroxyl groups is 1. The van der Waals surface area contributed by atoms with E-state index in [0.717, 1.165) is 16.5 Å². The molecule has 18 heavy (non-hydrogen) atoms. The standard InChI is InChI=1S/C14H19NO2S/c15-9-8-12(16)13-6-7-14(18-13)17-10-11-4-2-1-3-5-11/h6-7,11-12,16H,1-5,8,10H2. The average molecular weight is 265 g/mol. The Morgan fingerprint density at radius 3 is 2.89 bits per heavy atom. The summed E-state index contributed by atoms with van der Waals surface area (Å²) < 4.78 is 5.78. The molecule has 0 saturated heterocycles. The van der Waals surface area contributed by atoms with Gasteiger partial charge in [0.05, 0.1) is 19.1 Å². The number of nitrogens with zero attached hydrogens (tertiary/aromatic N) is 1. The van der Waals surface area contributed by atoms with Gasteiger partial charge >= 0.3 is 0 Å². The smallest absolute Gasteiger partial charge is 0.174 e. The normalized spacial score (nSPS) is 18.2. The van der Waals surface area contributed by atoms with Gasteiger partial charge in [-0.05, 0) is 30.9 Å². The maximum atomic E-state index is 9.68. The SMILES string of the molecule is N#CCC(O)c1ccc(OCC2CCCCC2)s1. The van der Waals surface area contributed by atoms with E-state index in [2.05, 4.69) is 0 Å². The van der Waals surface area contributed by atoms with Crippen molar-refractivity contribution in [3.63, 3.8) is 0 Å². The molecule has 98 valence electrons. The molecule has 1 unspecified atom stereocenters. The second-order valence-corrected chi connectivity index (χ2v) is 5.93. The van der Waals surface area contributed by atoms with Crippen molar-refractivity contribution < 1.29 is 9.84 Å². The highest BCUT2D eigenvalue weighted by Gasteiger charge is 2.15. The molecule has 1 aromatic heterocycles. The minimum Gasteiger partial charge on any atom is -0.484 e. The van der Waals surface area contributed by atoms with Crippen molar-refractivity contribution in [2.24, 2.45) is 5.92 Å². The number of thiophene rings is 1. The van der Waals surface area contributed by atoms with Gasteiger partial charge in [0.15, 0.2) is 5.06 Å². The van der Waals surface area contributed by atoms with Gasteiger partial charge in [-0.1, -0.05) is 19.3 Å². The summed E-state index contributed by atoms with van der Waals surface area (Å²) in [4.78, 5) is 0.815. The van der Waals surface area contributed by atoms with E-state index >= 15 is 0 Å². The zero-order valence-corrected chi connectivity index (χ0v) is 11.3. The molecule has 0 radical (unpaired) electrons. The molecule has 1 heterocycles. The molecule has 3 nitrogen and oxygen atoms in total. The first-order chi connectivity index (χ1) is 8.79. The van der Waals surface area contributed by atoms with E-state index in [0.29, 0.717) is 5.92 Å². The highest BCUT2D eigenvalue weighted by Crippen LogP contribution is 2.32. The first-order valence-electron chi connectivity index (χ1n) is 6.57. The second-order valence-electron chi connectivity index (χ2n) is 4.85. The molecule has 0 aliphatic heterocycles. The van der Waals surface area contributed by atoms with Crippen LogP contribution in [0, 0.1) is 17.2 Å². The van der Waals surface area contributed by atoms with Crippen molar-refractivity contribution in [2.75, 3.05) is 6.61 Å². The van der Waals surface area contributed by atoms with Crippen molar-refractivity contribution >= 4 is 11.3 Å². The van der Waals surface area contributed by atoms with E-state index in [-0.39, 0.29) is 6.42 Å². The molecule has 2 rings (SSSR count).